The van der Waals surface area contributed by atoms with Gasteiger partial charge in [0.2, 0.25) is 0 Å². The van der Waals surface area contributed by atoms with E-state index in [1.165, 1.54) is 4.90 Å². The summed E-state index contributed by atoms with van der Waals surface area (Å²) in [5, 5.41) is 0. The van der Waals surface area contributed by atoms with Gasteiger partial charge in [-0.1, -0.05) is 6.92 Å². The van der Waals surface area contributed by atoms with Crippen molar-refractivity contribution in [2.45, 2.75) is 57.7 Å². The van der Waals surface area contributed by atoms with E-state index in [0.717, 1.165) is 18.2 Å². The highest BCUT2D eigenvalue weighted by molar-refractivity contribution is 5.68. The topological polar surface area (TPSA) is 29.5 Å². The summed E-state index contributed by atoms with van der Waals surface area (Å²) in [5.74, 6) is -2.10. The number of benzene rings is 1. The highest BCUT2D eigenvalue weighted by atomic mass is 19.1. The number of halogens is 3. The maximum Gasteiger partial charge on any atom is 0.410 e. The van der Waals surface area contributed by atoms with E-state index in [2.05, 4.69) is 0 Å². The van der Waals surface area contributed by atoms with Crippen molar-refractivity contribution in [2.75, 3.05) is 13.1 Å². The molecule has 0 aliphatic carbocycles. The van der Waals surface area contributed by atoms with E-state index in [0.29, 0.717) is 5.56 Å². The fourth-order valence-corrected chi connectivity index (χ4v) is 2.94. The fraction of sp³-hybridized carbons (Fsp3) is 0.611. The Kier molecular flexibility index (Phi) is 5.16. The van der Waals surface area contributed by atoms with Crippen molar-refractivity contribution in [2.24, 2.45) is 0 Å². The predicted molar refractivity (Wildman–Crippen MR) is 85.7 cm³/mol. The monoisotopic (exact) mass is 343 g/mol. The largest absolute Gasteiger partial charge is 0.444 e. The zero-order valence-electron chi connectivity index (χ0n) is 14.5. The van der Waals surface area contributed by atoms with Gasteiger partial charge < -0.3 is 9.64 Å². The Hall–Kier alpha value is -1.72. The molecule has 0 aromatic heterocycles. The second-order valence-electron chi connectivity index (χ2n) is 7.43. The molecule has 2 rings (SSSR count). The van der Waals surface area contributed by atoms with Gasteiger partial charge in [-0.05, 0) is 51.3 Å². The molecule has 0 radical (unpaired) electrons. The van der Waals surface area contributed by atoms with E-state index in [1.807, 2.05) is 0 Å². The molecule has 1 atom stereocenters. The van der Waals surface area contributed by atoms with Crippen molar-refractivity contribution < 1.29 is 22.7 Å². The molecule has 134 valence electrons. The van der Waals surface area contributed by atoms with Crippen LogP contribution in [0.15, 0.2) is 18.2 Å². The molecule has 1 aromatic rings. The van der Waals surface area contributed by atoms with Crippen molar-refractivity contribution in [1.29, 1.82) is 0 Å². The summed E-state index contributed by atoms with van der Waals surface area (Å²) in [6, 6.07) is 3.09. The number of piperidine rings is 1. The number of hydrogen-bond donors (Lipinski definition) is 0. The lowest BCUT2D eigenvalue weighted by Gasteiger charge is -2.40. The minimum Gasteiger partial charge on any atom is -0.444 e. The molecule has 0 unspecified atom stereocenters. The maximum atomic E-state index is 15.3. The van der Waals surface area contributed by atoms with Crippen LogP contribution < -0.4 is 0 Å². The Labute approximate surface area is 140 Å². The van der Waals surface area contributed by atoms with Crippen LogP contribution in [0.1, 0.15) is 52.0 Å². The number of ether oxygens (including phenoxy) is 1. The van der Waals surface area contributed by atoms with Gasteiger partial charge in [-0.3, -0.25) is 0 Å². The minimum absolute atomic E-state index is 0.103. The first-order valence-corrected chi connectivity index (χ1v) is 8.13. The first-order chi connectivity index (χ1) is 11.0. The maximum absolute atomic E-state index is 15.3. The third kappa shape index (κ3) is 4.42. The molecule has 0 saturated carbocycles. The molecule has 1 saturated heterocycles. The SMILES string of the molecule is C[C@H](c1cc(F)cc(F)c1)C1(F)CCN(C(=O)OC(C)(C)C)CC1. The van der Waals surface area contributed by atoms with Crippen LogP contribution in [0, 0.1) is 11.6 Å². The quantitative estimate of drug-likeness (QED) is 0.771. The van der Waals surface area contributed by atoms with E-state index in [9.17, 15) is 13.6 Å². The molecule has 0 spiro atoms. The molecule has 6 heteroatoms. The van der Waals surface area contributed by atoms with Crippen LogP contribution in [-0.2, 0) is 4.74 Å². The number of carbonyl (C=O) groups excluding carboxylic acids is 1. The summed E-state index contributed by atoms with van der Waals surface area (Å²) in [5.41, 5.74) is -1.92. The Morgan fingerprint density at radius 1 is 1.17 bits per heavy atom. The minimum atomic E-state index is -1.61. The lowest BCUT2D eigenvalue weighted by molar-refractivity contribution is -0.00216. The van der Waals surface area contributed by atoms with Crippen LogP contribution in [0.5, 0.6) is 0 Å². The van der Waals surface area contributed by atoms with Crippen LogP contribution in [0.4, 0.5) is 18.0 Å². The predicted octanol–water partition coefficient (Wildman–Crippen LogP) is 4.81. The van der Waals surface area contributed by atoms with E-state index >= 15 is 4.39 Å². The van der Waals surface area contributed by atoms with Gasteiger partial charge >= 0.3 is 6.09 Å². The third-order valence-electron chi connectivity index (χ3n) is 4.41. The second-order valence-corrected chi connectivity index (χ2v) is 7.43. The zero-order valence-corrected chi connectivity index (χ0v) is 14.5. The van der Waals surface area contributed by atoms with E-state index in [-0.39, 0.29) is 25.9 Å². The molecule has 1 aliphatic heterocycles. The molecule has 1 aliphatic rings. The average molecular weight is 343 g/mol. The molecule has 1 heterocycles. The summed E-state index contributed by atoms with van der Waals surface area (Å²) in [6.45, 7) is 7.37. The molecule has 0 bridgehead atoms. The van der Waals surface area contributed by atoms with Crippen LogP contribution in [0.25, 0.3) is 0 Å². The fourth-order valence-electron chi connectivity index (χ4n) is 2.94. The van der Waals surface area contributed by atoms with Crippen LogP contribution in [0.3, 0.4) is 0 Å². The summed E-state index contributed by atoms with van der Waals surface area (Å²) < 4.78 is 47.3. The van der Waals surface area contributed by atoms with Crippen molar-refractivity contribution in [3.05, 3.63) is 35.4 Å². The second kappa shape index (κ2) is 6.65. The van der Waals surface area contributed by atoms with Crippen LogP contribution >= 0.6 is 0 Å². The smallest absolute Gasteiger partial charge is 0.410 e. The Morgan fingerprint density at radius 2 is 1.67 bits per heavy atom. The van der Waals surface area contributed by atoms with Gasteiger partial charge in [-0.15, -0.1) is 0 Å². The van der Waals surface area contributed by atoms with Gasteiger partial charge in [-0.25, -0.2) is 18.0 Å². The van der Waals surface area contributed by atoms with Crippen LogP contribution in [0.2, 0.25) is 0 Å². The average Bonchev–Trinajstić information content (AvgIpc) is 2.44. The first kappa shape index (κ1) is 18.6. The molecule has 3 nitrogen and oxygen atoms in total. The Balaban J connectivity index is 2.04. The number of hydrogen-bond acceptors (Lipinski definition) is 2. The lowest BCUT2D eigenvalue weighted by atomic mass is 9.78. The van der Waals surface area contributed by atoms with E-state index < -0.39 is 34.9 Å². The van der Waals surface area contributed by atoms with Gasteiger partial charge in [0.05, 0.1) is 0 Å². The van der Waals surface area contributed by atoms with E-state index in [4.69, 9.17) is 4.74 Å². The van der Waals surface area contributed by atoms with Gasteiger partial charge in [0, 0.05) is 25.1 Å². The van der Waals surface area contributed by atoms with E-state index in [1.54, 1.807) is 27.7 Å². The number of likely N-dealkylation sites (tertiary alicyclic amines) is 1. The molecule has 1 aromatic carbocycles. The molecule has 1 amide bonds. The molecule has 0 N–H and O–H groups in total. The molecular weight excluding hydrogens is 319 g/mol. The summed E-state index contributed by atoms with van der Waals surface area (Å²) in [4.78, 5) is 13.5. The highest BCUT2D eigenvalue weighted by Gasteiger charge is 2.42. The highest BCUT2D eigenvalue weighted by Crippen LogP contribution is 2.40. The van der Waals surface area contributed by atoms with Crippen molar-refractivity contribution in [3.63, 3.8) is 0 Å². The zero-order chi connectivity index (χ0) is 18.1. The Bertz CT molecular complexity index is 585. The molecule has 1 fully saturated rings. The number of carbonyl (C=O) groups is 1. The lowest BCUT2D eigenvalue weighted by Crippen LogP contribution is -2.48. The normalized spacial score (nSPS) is 19.0. The standard InChI is InChI=1S/C18H24F3NO2/c1-12(13-9-14(19)11-15(20)10-13)18(21)5-7-22(8-6-18)16(23)24-17(2,3)4/h9-12H,5-8H2,1-4H3/t12-/m1/s1. The first-order valence-electron chi connectivity index (χ1n) is 8.13. The van der Waals surface area contributed by atoms with Gasteiger partial charge in [-0.2, -0.15) is 0 Å². The summed E-state index contributed by atoms with van der Waals surface area (Å²) in [7, 11) is 0. The number of nitrogens with zero attached hydrogens (tertiary/aromatic N) is 1. The number of alkyl halides is 1. The molecule has 24 heavy (non-hydrogen) atoms. The van der Waals surface area contributed by atoms with Gasteiger partial charge in [0.25, 0.3) is 0 Å². The third-order valence-corrected chi connectivity index (χ3v) is 4.41. The summed E-state index contributed by atoms with van der Waals surface area (Å²) >= 11 is 0. The van der Waals surface area contributed by atoms with Crippen LogP contribution in [-0.4, -0.2) is 35.4 Å². The van der Waals surface area contributed by atoms with Crippen molar-refractivity contribution >= 4 is 6.09 Å². The van der Waals surface area contributed by atoms with Crippen molar-refractivity contribution in [1.82, 2.24) is 4.90 Å². The summed E-state index contributed by atoms with van der Waals surface area (Å²) in [6.07, 6.45) is -0.258. The van der Waals surface area contributed by atoms with Gasteiger partial charge in [0.1, 0.15) is 22.9 Å². The number of amides is 1. The van der Waals surface area contributed by atoms with Gasteiger partial charge in [0.15, 0.2) is 0 Å². The van der Waals surface area contributed by atoms with Crippen molar-refractivity contribution in [3.8, 4) is 0 Å². The number of rotatable bonds is 2. The molecular formula is C18H24F3NO2. The Morgan fingerprint density at radius 3 is 2.12 bits per heavy atom.